The van der Waals surface area contributed by atoms with Gasteiger partial charge in [-0.1, -0.05) is 6.07 Å². The van der Waals surface area contributed by atoms with Crippen molar-refractivity contribution in [3.8, 4) is 11.1 Å². The van der Waals surface area contributed by atoms with Gasteiger partial charge in [0.25, 0.3) is 0 Å². The lowest BCUT2D eigenvalue weighted by Gasteiger charge is -2.13. The molecular formula is C18H19F2N. The summed E-state index contributed by atoms with van der Waals surface area (Å²) in [5.74, 6) is -0.538. The zero-order valence-corrected chi connectivity index (χ0v) is 12.3. The van der Waals surface area contributed by atoms with Gasteiger partial charge in [-0.3, -0.25) is 0 Å². The van der Waals surface area contributed by atoms with Crippen LogP contribution in [0.3, 0.4) is 0 Å². The van der Waals surface area contributed by atoms with Crippen LogP contribution in [-0.2, 0) is 6.54 Å². The average Bonchev–Trinajstić information content (AvgIpc) is 3.22. The van der Waals surface area contributed by atoms with E-state index in [-0.39, 0.29) is 11.6 Å². The zero-order valence-electron chi connectivity index (χ0n) is 12.3. The lowest BCUT2D eigenvalue weighted by atomic mass is 9.94. The molecule has 1 fully saturated rings. The standard InChI is InChI=1S/C18H19F2N/c1-11-7-14(19)8-12(2)18(11)16-9-13(3-6-17(16)20)10-21-15-4-5-15/h3,6-9,15,21H,4-5,10H2,1-2H3. The van der Waals surface area contributed by atoms with Crippen molar-refractivity contribution in [2.75, 3.05) is 0 Å². The van der Waals surface area contributed by atoms with E-state index in [0.717, 1.165) is 28.8 Å². The van der Waals surface area contributed by atoms with E-state index in [1.165, 1.54) is 31.0 Å². The number of rotatable bonds is 4. The second kappa shape index (κ2) is 5.57. The van der Waals surface area contributed by atoms with Gasteiger partial charge in [0.05, 0.1) is 0 Å². The summed E-state index contributed by atoms with van der Waals surface area (Å²) in [5.41, 5.74) is 3.93. The SMILES string of the molecule is Cc1cc(F)cc(C)c1-c1cc(CNC2CC2)ccc1F. The van der Waals surface area contributed by atoms with Crippen molar-refractivity contribution in [2.45, 2.75) is 39.3 Å². The van der Waals surface area contributed by atoms with E-state index in [9.17, 15) is 8.78 Å². The summed E-state index contributed by atoms with van der Waals surface area (Å²) in [5, 5.41) is 3.43. The van der Waals surface area contributed by atoms with E-state index in [0.29, 0.717) is 11.6 Å². The molecular weight excluding hydrogens is 268 g/mol. The predicted octanol–water partition coefficient (Wildman–Crippen LogP) is 4.50. The topological polar surface area (TPSA) is 12.0 Å². The number of aryl methyl sites for hydroxylation is 2. The van der Waals surface area contributed by atoms with Gasteiger partial charge in [0, 0.05) is 18.2 Å². The zero-order chi connectivity index (χ0) is 15.0. The molecule has 0 amide bonds. The van der Waals surface area contributed by atoms with Crippen molar-refractivity contribution in [3.05, 3.63) is 58.7 Å². The molecule has 1 aliphatic rings. The maximum atomic E-state index is 14.2. The predicted molar refractivity (Wildman–Crippen MR) is 81.1 cm³/mol. The number of benzene rings is 2. The largest absolute Gasteiger partial charge is 0.310 e. The summed E-state index contributed by atoms with van der Waals surface area (Å²) in [6, 6.07) is 8.71. The van der Waals surface area contributed by atoms with E-state index >= 15 is 0 Å². The van der Waals surface area contributed by atoms with Crippen LogP contribution >= 0.6 is 0 Å². The fraction of sp³-hybridized carbons (Fsp3) is 0.333. The Hall–Kier alpha value is -1.74. The Labute approximate surface area is 124 Å². The quantitative estimate of drug-likeness (QED) is 0.873. The Morgan fingerprint density at radius 2 is 1.71 bits per heavy atom. The molecule has 0 saturated heterocycles. The average molecular weight is 287 g/mol. The van der Waals surface area contributed by atoms with E-state index in [2.05, 4.69) is 5.32 Å². The molecule has 0 aromatic heterocycles. The highest BCUT2D eigenvalue weighted by Gasteiger charge is 2.20. The third-order valence-electron chi connectivity index (χ3n) is 3.97. The number of nitrogens with one attached hydrogen (secondary N) is 1. The fourth-order valence-electron chi connectivity index (χ4n) is 2.76. The Bertz CT molecular complexity index is 652. The molecule has 0 heterocycles. The molecule has 0 radical (unpaired) electrons. The summed E-state index contributed by atoms with van der Waals surface area (Å²) in [6.07, 6.45) is 2.45. The second-order valence-electron chi connectivity index (χ2n) is 5.88. The summed E-state index contributed by atoms with van der Waals surface area (Å²) >= 11 is 0. The van der Waals surface area contributed by atoms with Gasteiger partial charge in [0.2, 0.25) is 0 Å². The minimum absolute atomic E-state index is 0.261. The molecule has 1 N–H and O–H groups in total. The van der Waals surface area contributed by atoms with Crippen LogP contribution in [0.2, 0.25) is 0 Å². The van der Waals surface area contributed by atoms with E-state index in [1.807, 2.05) is 26.0 Å². The van der Waals surface area contributed by atoms with Crippen LogP contribution in [-0.4, -0.2) is 6.04 Å². The van der Waals surface area contributed by atoms with Crippen LogP contribution < -0.4 is 5.32 Å². The molecule has 0 aliphatic heterocycles. The van der Waals surface area contributed by atoms with Gasteiger partial charge in [-0.25, -0.2) is 8.78 Å². The minimum atomic E-state index is -0.277. The molecule has 110 valence electrons. The number of hydrogen-bond acceptors (Lipinski definition) is 1. The van der Waals surface area contributed by atoms with Crippen LogP contribution in [0.15, 0.2) is 30.3 Å². The molecule has 3 heteroatoms. The van der Waals surface area contributed by atoms with Gasteiger partial charge in [-0.05, 0) is 73.2 Å². The minimum Gasteiger partial charge on any atom is -0.310 e. The highest BCUT2D eigenvalue weighted by Crippen LogP contribution is 2.31. The van der Waals surface area contributed by atoms with Gasteiger partial charge >= 0.3 is 0 Å². The van der Waals surface area contributed by atoms with Crippen LogP contribution in [0.1, 0.15) is 29.5 Å². The van der Waals surface area contributed by atoms with Crippen LogP contribution in [0.4, 0.5) is 8.78 Å². The number of halogens is 2. The molecule has 2 aromatic carbocycles. The van der Waals surface area contributed by atoms with Gasteiger partial charge in [-0.2, -0.15) is 0 Å². The summed E-state index contributed by atoms with van der Waals surface area (Å²) in [7, 11) is 0. The van der Waals surface area contributed by atoms with Gasteiger partial charge in [0.1, 0.15) is 11.6 Å². The van der Waals surface area contributed by atoms with Gasteiger partial charge in [0.15, 0.2) is 0 Å². The van der Waals surface area contributed by atoms with Crippen molar-refractivity contribution in [1.29, 1.82) is 0 Å². The molecule has 3 rings (SSSR count). The molecule has 0 spiro atoms. The first kappa shape index (κ1) is 14.2. The molecule has 2 aromatic rings. The summed E-state index contributed by atoms with van der Waals surface area (Å²) in [4.78, 5) is 0. The fourth-order valence-corrected chi connectivity index (χ4v) is 2.76. The molecule has 0 bridgehead atoms. The monoisotopic (exact) mass is 287 g/mol. The van der Waals surface area contributed by atoms with Gasteiger partial charge < -0.3 is 5.32 Å². The maximum Gasteiger partial charge on any atom is 0.131 e. The molecule has 1 nitrogen and oxygen atoms in total. The molecule has 1 aliphatic carbocycles. The highest BCUT2D eigenvalue weighted by molar-refractivity contribution is 5.71. The van der Waals surface area contributed by atoms with Crippen molar-refractivity contribution >= 4 is 0 Å². The molecule has 0 atom stereocenters. The third kappa shape index (κ3) is 3.13. The van der Waals surface area contributed by atoms with Crippen molar-refractivity contribution < 1.29 is 8.78 Å². The Balaban J connectivity index is 1.98. The third-order valence-corrected chi connectivity index (χ3v) is 3.97. The number of hydrogen-bond donors (Lipinski definition) is 1. The van der Waals surface area contributed by atoms with E-state index in [1.54, 1.807) is 0 Å². The summed E-state index contributed by atoms with van der Waals surface area (Å²) in [6.45, 7) is 4.39. The first-order chi connectivity index (χ1) is 10.0. The van der Waals surface area contributed by atoms with Crippen molar-refractivity contribution in [2.24, 2.45) is 0 Å². The highest BCUT2D eigenvalue weighted by atomic mass is 19.1. The summed E-state index contributed by atoms with van der Waals surface area (Å²) < 4.78 is 27.6. The van der Waals surface area contributed by atoms with Crippen molar-refractivity contribution in [3.63, 3.8) is 0 Å². The van der Waals surface area contributed by atoms with Crippen LogP contribution in [0.25, 0.3) is 11.1 Å². The first-order valence-electron chi connectivity index (χ1n) is 7.33. The lowest BCUT2D eigenvalue weighted by Crippen LogP contribution is -2.15. The maximum absolute atomic E-state index is 14.2. The van der Waals surface area contributed by atoms with E-state index in [4.69, 9.17) is 0 Å². The Morgan fingerprint density at radius 1 is 1.05 bits per heavy atom. The lowest BCUT2D eigenvalue weighted by molar-refractivity contribution is 0.622. The molecule has 0 unspecified atom stereocenters. The van der Waals surface area contributed by atoms with Gasteiger partial charge in [-0.15, -0.1) is 0 Å². The van der Waals surface area contributed by atoms with Crippen LogP contribution in [0.5, 0.6) is 0 Å². The Kier molecular flexibility index (Phi) is 3.77. The smallest absolute Gasteiger partial charge is 0.131 e. The van der Waals surface area contributed by atoms with E-state index < -0.39 is 0 Å². The van der Waals surface area contributed by atoms with Crippen molar-refractivity contribution in [1.82, 2.24) is 5.32 Å². The van der Waals surface area contributed by atoms with Crippen LogP contribution in [0, 0.1) is 25.5 Å². The molecule has 21 heavy (non-hydrogen) atoms. The first-order valence-corrected chi connectivity index (χ1v) is 7.33. The Morgan fingerprint density at radius 3 is 2.33 bits per heavy atom. The normalized spacial score (nSPS) is 14.5. The second-order valence-corrected chi connectivity index (χ2v) is 5.88. The molecule has 1 saturated carbocycles.